The molecule has 0 fully saturated rings. The van der Waals surface area contributed by atoms with E-state index in [4.69, 9.17) is 0 Å². The Bertz CT molecular complexity index is 1120. The van der Waals surface area contributed by atoms with Gasteiger partial charge in [-0.3, -0.25) is 4.79 Å². The summed E-state index contributed by atoms with van der Waals surface area (Å²) in [5.41, 5.74) is 7.25. The Morgan fingerprint density at radius 2 is 1.90 bits per heavy atom. The van der Waals surface area contributed by atoms with Gasteiger partial charge in [-0.25, -0.2) is 0 Å². The van der Waals surface area contributed by atoms with Gasteiger partial charge in [-0.1, -0.05) is 36.8 Å². The van der Waals surface area contributed by atoms with Crippen LogP contribution in [0.3, 0.4) is 0 Å². The molecule has 4 heteroatoms. The topological polar surface area (TPSA) is 56.1 Å². The Morgan fingerprint density at radius 3 is 2.55 bits per heavy atom. The second kappa shape index (κ2) is 8.81. The van der Waals surface area contributed by atoms with E-state index in [9.17, 15) is 10.1 Å². The minimum Gasteiger partial charge on any atom is -0.362 e. The number of hydrogen-bond donors (Lipinski definition) is 1. The van der Waals surface area contributed by atoms with Crippen molar-refractivity contribution in [2.45, 2.75) is 53.5 Å². The Balaban J connectivity index is 1.93. The van der Waals surface area contributed by atoms with E-state index in [1.165, 1.54) is 11.3 Å². The van der Waals surface area contributed by atoms with Crippen molar-refractivity contribution in [3.8, 4) is 6.07 Å². The van der Waals surface area contributed by atoms with E-state index in [0.717, 1.165) is 40.9 Å². The molecule has 2 aromatic rings. The number of benzene rings is 2. The van der Waals surface area contributed by atoms with Gasteiger partial charge in [0.1, 0.15) is 11.6 Å². The Kier molecular flexibility index (Phi) is 6.36. The summed E-state index contributed by atoms with van der Waals surface area (Å²) in [4.78, 5) is 15.2. The summed E-state index contributed by atoms with van der Waals surface area (Å²) in [6.07, 6.45) is 5.02. The van der Waals surface area contributed by atoms with E-state index in [0.29, 0.717) is 0 Å². The molecule has 4 nitrogen and oxygen atoms in total. The molecule has 0 saturated heterocycles. The van der Waals surface area contributed by atoms with Crippen molar-refractivity contribution in [2.24, 2.45) is 0 Å². The Hall–Kier alpha value is -3.32. The molecule has 0 spiro atoms. The van der Waals surface area contributed by atoms with Crippen molar-refractivity contribution in [1.29, 1.82) is 5.26 Å². The second-order valence-corrected chi connectivity index (χ2v) is 8.85. The van der Waals surface area contributed by atoms with Gasteiger partial charge in [0.25, 0.3) is 5.91 Å². The zero-order valence-corrected chi connectivity index (χ0v) is 19.3. The number of nitrogens with one attached hydrogen (secondary N) is 1. The van der Waals surface area contributed by atoms with Crippen molar-refractivity contribution in [3.05, 3.63) is 70.3 Å². The highest BCUT2D eigenvalue weighted by Gasteiger charge is 2.30. The number of aryl methyl sites for hydroxylation is 2. The van der Waals surface area contributed by atoms with Crippen molar-refractivity contribution in [1.82, 2.24) is 0 Å². The minimum absolute atomic E-state index is 0.0476. The van der Waals surface area contributed by atoms with Crippen LogP contribution >= 0.6 is 0 Å². The molecule has 0 aliphatic carbocycles. The first kappa shape index (κ1) is 22.4. The van der Waals surface area contributed by atoms with Crippen LogP contribution in [0.5, 0.6) is 0 Å². The fourth-order valence-electron chi connectivity index (χ4n) is 4.28. The maximum absolute atomic E-state index is 12.7. The Morgan fingerprint density at radius 1 is 1.16 bits per heavy atom. The molecule has 160 valence electrons. The van der Waals surface area contributed by atoms with Gasteiger partial charge in [0.2, 0.25) is 0 Å². The summed E-state index contributed by atoms with van der Waals surface area (Å²) >= 11 is 0. The number of rotatable bonds is 5. The summed E-state index contributed by atoms with van der Waals surface area (Å²) in [5, 5.41) is 12.5. The molecular weight excluding hydrogens is 382 g/mol. The van der Waals surface area contributed by atoms with Crippen molar-refractivity contribution in [2.75, 3.05) is 16.8 Å². The lowest BCUT2D eigenvalue weighted by Crippen LogP contribution is -2.45. The SMILES string of the molecule is CCCN1c2ccc(/C=C(\C#N)C(=O)Nc3ccc(C)cc3C)cc2C(C)=CC1(C)C. The summed E-state index contributed by atoms with van der Waals surface area (Å²) in [7, 11) is 0. The normalized spacial score (nSPS) is 15.1. The molecule has 1 aliphatic heterocycles. The van der Waals surface area contributed by atoms with Gasteiger partial charge < -0.3 is 10.2 Å². The number of hydrogen-bond acceptors (Lipinski definition) is 3. The van der Waals surface area contributed by atoms with E-state index in [1.54, 1.807) is 6.08 Å². The number of nitrogens with zero attached hydrogens (tertiary/aromatic N) is 2. The van der Waals surface area contributed by atoms with Gasteiger partial charge in [0.05, 0.1) is 5.54 Å². The number of anilines is 2. The standard InChI is InChI=1S/C27H31N3O/c1-7-12-30-25-11-9-21(15-23(25)20(4)16-27(30,5)6)14-22(17-28)26(31)29-24-10-8-18(2)13-19(24)3/h8-11,13-16H,7,12H2,1-6H3,(H,29,31)/b22-14+. The minimum atomic E-state index is -0.395. The zero-order chi connectivity index (χ0) is 22.8. The van der Waals surface area contributed by atoms with Crippen molar-refractivity contribution < 1.29 is 4.79 Å². The summed E-state index contributed by atoms with van der Waals surface area (Å²) in [5.74, 6) is -0.395. The molecule has 1 aliphatic rings. The van der Waals surface area contributed by atoms with Gasteiger partial charge >= 0.3 is 0 Å². The largest absolute Gasteiger partial charge is 0.362 e. The monoisotopic (exact) mass is 413 g/mol. The molecule has 1 N–H and O–H groups in total. The first-order valence-electron chi connectivity index (χ1n) is 10.8. The lowest BCUT2D eigenvalue weighted by atomic mass is 9.87. The highest BCUT2D eigenvalue weighted by molar-refractivity contribution is 6.10. The number of allylic oxidation sites excluding steroid dienone is 1. The van der Waals surface area contributed by atoms with E-state index >= 15 is 0 Å². The highest BCUT2D eigenvalue weighted by atomic mass is 16.1. The van der Waals surface area contributed by atoms with Gasteiger partial charge in [-0.05, 0) is 82.0 Å². The van der Waals surface area contributed by atoms with Crippen LogP contribution in [0.15, 0.2) is 48.0 Å². The predicted molar refractivity (Wildman–Crippen MR) is 130 cm³/mol. The molecule has 0 bridgehead atoms. The highest BCUT2D eigenvalue weighted by Crippen LogP contribution is 2.39. The van der Waals surface area contributed by atoms with Crippen LogP contribution in [0, 0.1) is 25.2 Å². The van der Waals surface area contributed by atoms with Crippen molar-refractivity contribution >= 4 is 28.9 Å². The van der Waals surface area contributed by atoms with Crippen molar-refractivity contribution in [3.63, 3.8) is 0 Å². The maximum atomic E-state index is 12.7. The fraction of sp³-hybridized carbons (Fsp3) is 0.333. The van der Waals surface area contributed by atoms with Crippen LogP contribution in [0.2, 0.25) is 0 Å². The number of carbonyl (C=O) groups excluding carboxylic acids is 1. The molecule has 0 radical (unpaired) electrons. The molecule has 0 aromatic heterocycles. The quantitative estimate of drug-likeness (QED) is 0.465. The zero-order valence-electron chi connectivity index (χ0n) is 19.3. The van der Waals surface area contributed by atoms with Crippen LogP contribution in [0.4, 0.5) is 11.4 Å². The molecule has 31 heavy (non-hydrogen) atoms. The van der Waals surface area contributed by atoms with Crippen LogP contribution in [-0.4, -0.2) is 18.0 Å². The van der Waals surface area contributed by atoms with Gasteiger partial charge in [-0.15, -0.1) is 0 Å². The van der Waals surface area contributed by atoms with E-state index in [-0.39, 0.29) is 11.1 Å². The molecule has 0 unspecified atom stereocenters. The third kappa shape index (κ3) is 4.72. The van der Waals surface area contributed by atoms with E-state index in [1.807, 2.05) is 38.1 Å². The number of fused-ring (bicyclic) bond motifs is 1. The van der Waals surface area contributed by atoms with Crippen LogP contribution in [-0.2, 0) is 4.79 Å². The maximum Gasteiger partial charge on any atom is 0.266 e. The average Bonchev–Trinajstić information content (AvgIpc) is 2.71. The average molecular weight is 414 g/mol. The molecule has 1 amide bonds. The number of nitriles is 1. The summed E-state index contributed by atoms with van der Waals surface area (Å²) in [6, 6.07) is 14.0. The smallest absolute Gasteiger partial charge is 0.266 e. The Labute approximate surface area is 185 Å². The number of carbonyl (C=O) groups is 1. The van der Waals surface area contributed by atoms with Gasteiger partial charge in [-0.2, -0.15) is 5.26 Å². The van der Waals surface area contributed by atoms with Crippen LogP contribution in [0.25, 0.3) is 11.6 Å². The molecule has 0 atom stereocenters. The van der Waals surface area contributed by atoms with Crippen LogP contribution < -0.4 is 10.2 Å². The summed E-state index contributed by atoms with van der Waals surface area (Å²) in [6.45, 7) is 13.7. The lowest BCUT2D eigenvalue weighted by molar-refractivity contribution is -0.112. The first-order chi connectivity index (χ1) is 14.7. The lowest BCUT2D eigenvalue weighted by Gasteiger charge is -2.43. The second-order valence-electron chi connectivity index (χ2n) is 8.85. The molecular formula is C27H31N3O. The third-order valence-corrected chi connectivity index (χ3v) is 5.76. The number of amides is 1. The van der Waals surface area contributed by atoms with Gasteiger partial charge in [0.15, 0.2) is 0 Å². The molecule has 3 rings (SSSR count). The van der Waals surface area contributed by atoms with Gasteiger partial charge in [0, 0.05) is 23.5 Å². The molecule has 0 saturated carbocycles. The predicted octanol–water partition coefficient (Wildman–Crippen LogP) is 6.26. The van der Waals surface area contributed by atoms with E-state index < -0.39 is 5.91 Å². The van der Waals surface area contributed by atoms with E-state index in [2.05, 4.69) is 62.2 Å². The molecule has 1 heterocycles. The fourth-order valence-corrected chi connectivity index (χ4v) is 4.28. The third-order valence-electron chi connectivity index (χ3n) is 5.76. The first-order valence-corrected chi connectivity index (χ1v) is 10.8. The molecule has 2 aromatic carbocycles. The summed E-state index contributed by atoms with van der Waals surface area (Å²) < 4.78 is 0. The van der Waals surface area contributed by atoms with Crippen LogP contribution in [0.1, 0.15) is 56.4 Å².